The molecule has 0 bridgehead atoms. The van der Waals surface area contributed by atoms with Gasteiger partial charge in [0.2, 0.25) is 5.82 Å². The predicted octanol–water partition coefficient (Wildman–Crippen LogP) is 5.51. The number of fused-ring (bicyclic) bond motifs is 1. The standard InChI is InChI=1S/C19H15F3N4O2.ClH/c1-10(2)27-16-6-4-12(7-13(16)19(20,21)22)18-25-17(26-28-18)11-3-5-14-15(8-11)24-9-23-14;/h3-10H,1-2H3,(H,23,24);1H. The maximum atomic E-state index is 13.4. The molecule has 2 aromatic heterocycles. The molecule has 6 nitrogen and oxygen atoms in total. The molecule has 0 saturated carbocycles. The third kappa shape index (κ3) is 4.19. The Balaban J connectivity index is 0.00000240. The maximum Gasteiger partial charge on any atom is 0.419 e. The molecule has 0 fully saturated rings. The number of aromatic nitrogens is 4. The summed E-state index contributed by atoms with van der Waals surface area (Å²) in [6.07, 6.45) is -3.40. The molecule has 0 saturated heterocycles. The Labute approximate surface area is 169 Å². The first-order chi connectivity index (χ1) is 13.3. The van der Waals surface area contributed by atoms with Crippen LogP contribution in [0.5, 0.6) is 5.75 Å². The van der Waals surface area contributed by atoms with Crippen molar-refractivity contribution in [2.45, 2.75) is 26.1 Å². The van der Waals surface area contributed by atoms with Crippen LogP contribution >= 0.6 is 12.4 Å². The summed E-state index contributed by atoms with van der Waals surface area (Å²) in [5.41, 5.74) is 1.49. The van der Waals surface area contributed by atoms with Crippen LogP contribution in [0.4, 0.5) is 13.2 Å². The number of alkyl halides is 3. The topological polar surface area (TPSA) is 76.8 Å². The quantitative estimate of drug-likeness (QED) is 0.467. The highest BCUT2D eigenvalue weighted by Gasteiger charge is 2.35. The van der Waals surface area contributed by atoms with Crippen LogP contribution in [0.15, 0.2) is 47.2 Å². The normalized spacial score (nSPS) is 11.7. The Bertz CT molecular complexity index is 1140. The number of nitrogens with zero attached hydrogens (tertiary/aromatic N) is 3. The zero-order valence-electron chi connectivity index (χ0n) is 15.3. The fraction of sp³-hybridized carbons (Fsp3) is 0.211. The van der Waals surface area contributed by atoms with Gasteiger partial charge in [0.1, 0.15) is 5.75 Å². The van der Waals surface area contributed by atoms with Crippen LogP contribution in [0.2, 0.25) is 0 Å². The minimum absolute atomic E-state index is 0. The summed E-state index contributed by atoms with van der Waals surface area (Å²) in [7, 11) is 0. The highest BCUT2D eigenvalue weighted by atomic mass is 35.5. The minimum Gasteiger partial charge on any atom is -0.490 e. The first-order valence-corrected chi connectivity index (χ1v) is 8.47. The van der Waals surface area contributed by atoms with Crippen LogP contribution in [0.3, 0.4) is 0 Å². The van der Waals surface area contributed by atoms with Crippen molar-refractivity contribution in [2.75, 3.05) is 0 Å². The number of aromatic amines is 1. The molecule has 0 aliphatic carbocycles. The van der Waals surface area contributed by atoms with Crippen molar-refractivity contribution >= 4 is 23.4 Å². The summed E-state index contributed by atoms with van der Waals surface area (Å²) < 4.78 is 50.7. The summed E-state index contributed by atoms with van der Waals surface area (Å²) in [6.45, 7) is 3.32. The summed E-state index contributed by atoms with van der Waals surface area (Å²) in [4.78, 5) is 11.3. The number of H-pyrrole nitrogens is 1. The summed E-state index contributed by atoms with van der Waals surface area (Å²) >= 11 is 0. The molecule has 10 heteroatoms. The molecule has 1 N–H and O–H groups in total. The number of nitrogens with one attached hydrogen (secondary N) is 1. The average Bonchev–Trinajstić information content (AvgIpc) is 3.29. The Hall–Kier alpha value is -3.07. The van der Waals surface area contributed by atoms with Crippen LogP contribution in [-0.4, -0.2) is 26.2 Å². The molecule has 0 amide bonds. The van der Waals surface area contributed by atoms with Gasteiger partial charge in [-0.15, -0.1) is 12.4 Å². The number of rotatable bonds is 4. The van der Waals surface area contributed by atoms with E-state index in [1.807, 2.05) is 0 Å². The fourth-order valence-corrected chi connectivity index (χ4v) is 2.77. The van der Waals surface area contributed by atoms with Crippen LogP contribution < -0.4 is 4.74 Å². The Morgan fingerprint density at radius 2 is 1.83 bits per heavy atom. The molecule has 0 aliphatic heterocycles. The summed E-state index contributed by atoms with van der Waals surface area (Å²) in [5, 5.41) is 3.88. The molecule has 2 aromatic carbocycles. The first kappa shape index (κ1) is 20.7. The molecule has 0 spiro atoms. The number of ether oxygens (including phenoxy) is 1. The lowest BCUT2D eigenvalue weighted by atomic mass is 10.1. The largest absolute Gasteiger partial charge is 0.490 e. The molecule has 152 valence electrons. The van der Waals surface area contributed by atoms with E-state index in [4.69, 9.17) is 9.26 Å². The van der Waals surface area contributed by atoms with Gasteiger partial charge in [0, 0.05) is 11.1 Å². The molecule has 0 atom stereocenters. The van der Waals surface area contributed by atoms with Gasteiger partial charge in [-0.25, -0.2) is 4.98 Å². The van der Waals surface area contributed by atoms with E-state index in [1.54, 1.807) is 38.4 Å². The lowest BCUT2D eigenvalue weighted by Crippen LogP contribution is -2.13. The monoisotopic (exact) mass is 424 g/mol. The molecular formula is C19H16ClF3N4O2. The summed E-state index contributed by atoms with van der Waals surface area (Å²) in [5.74, 6) is 0.0135. The number of halogens is 4. The van der Waals surface area contributed by atoms with Crippen molar-refractivity contribution in [3.05, 3.63) is 48.3 Å². The van der Waals surface area contributed by atoms with Gasteiger partial charge in [0.25, 0.3) is 5.89 Å². The van der Waals surface area contributed by atoms with Gasteiger partial charge in [0.15, 0.2) is 0 Å². The van der Waals surface area contributed by atoms with Crippen LogP contribution in [0.25, 0.3) is 33.9 Å². The molecule has 4 aromatic rings. The van der Waals surface area contributed by atoms with E-state index in [-0.39, 0.29) is 41.5 Å². The fourth-order valence-electron chi connectivity index (χ4n) is 2.77. The van der Waals surface area contributed by atoms with Crippen LogP contribution in [0.1, 0.15) is 19.4 Å². The highest BCUT2D eigenvalue weighted by Crippen LogP contribution is 2.39. The van der Waals surface area contributed by atoms with E-state index >= 15 is 0 Å². The van der Waals surface area contributed by atoms with Gasteiger partial charge in [-0.2, -0.15) is 18.2 Å². The molecule has 4 rings (SSSR count). The lowest BCUT2D eigenvalue weighted by Gasteiger charge is -2.16. The van der Waals surface area contributed by atoms with Gasteiger partial charge in [-0.05, 0) is 50.2 Å². The molecule has 0 unspecified atom stereocenters. The van der Waals surface area contributed by atoms with Gasteiger partial charge in [-0.3, -0.25) is 0 Å². The van der Waals surface area contributed by atoms with Crippen LogP contribution in [0, 0.1) is 0 Å². The predicted molar refractivity (Wildman–Crippen MR) is 103 cm³/mol. The zero-order valence-corrected chi connectivity index (χ0v) is 16.1. The molecular weight excluding hydrogens is 409 g/mol. The Morgan fingerprint density at radius 1 is 1.07 bits per heavy atom. The van der Waals surface area contributed by atoms with Crippen molar-refractivity contribution in [3.63, 3.8) is 0 Å². The van der Waals surface area contributed by atoms with Crippen molar-refractivity contribution in [2.24, 2.45) is 0 Å². The van der Waals surface area contributed by atoms with Crippen LogP contribution in [-0.2, 0) is 6.18 Å². The first-order valence-electron chi connectivity index (χ1n) is 8.47. The van der Waals surface area contributed by atoms with Crippen molar-refractivity contribution in [1.82, 2.24) is 20.1 Å². The third-order valence-electron chi connectivity index (χ3n) is 4.00. The van der Waals surface area contributed by atoms with Crippen molar-refractivity contribution < 1.29 is 22.4 Å². The number of hydrogen-bond acceptors (Lipinski definition) is 5. The van der Waals surface area contributed by atoms with Crippen molar-refractivity contribution in [1.29, 1.82) is 0 Å². The lowest BCUT2D eigenvalue weighted by molar-refractivity contribution is -0.139. The van der Waals surface area contributed by atoms with Gasteiger partial charge >= 0.3 is 6.18 Å². The molecule has 29 heavy (non-hydrogen) atoms. The van der Waals surface area contributed by atoms with E-state index in [0.717, 1.165) is 17.1 Å². The summed E-state index contributed by atoms with van der Waals surface area (Å²) in [6, 6.07) is 9.02. The number of imidazole rings is 1. The van der Waals surface area contributed by atoms with Crippen molar-refractivity contribution in [3.8, 4) is 28.6 Å². The second-order valence-corrected chi connectivity index (χ2v) is 6.43. The van der Waals surface area contributed by atoms with E-state index in [0.29, 0.717) is 5.56 Å². The van der Waals surface area contributed by atoms with E-state index in [2.05, 4.69) is 20.1 Å². The second-order valence-electron chi connectivity index (χ2n) is 6.43. The smallest absolute Gasteiger partial charge is 0.419 e. The molecule has 2 heterocycles. The van der Waals surface area contributed by atoms with E-state index in [1.165, 1.54) is 12.1 Å². The molecule has 0 aliphatic rings. The van der Waals surface area contributed by atoms with Gasteiger partial charge < -0.3 is 14.2 Å². The average molecular weight is 425 g/mol. The zero-order chi connectivity index (χ0) is 19.9. The van der Waals surface area contributed by atoms with Gasteiger partial charge in [0.05, 0.1) is 29.0 Å². The number of hydrogen-bond donors (Lipinski definition) is 1. The Morgan fingerprint density at radius 3 is 2.55 bits per heavy atom. The van der Waals surface area contributed by atoms with E-state index < -0.39 is 11.7 Å². The maximum absolute atomic E-state index is 13.4. The Kier molecular flexibility index (Phi) is 5.52. The minimum atomic E-state index is -4.57. The van der Waals surface area contributed by atoms with E-state index in [9.17, 15) is 13.2 Å². The molecule has 0 radical (unpaired) electrons. The highest BCUT2D eigenvalue weighted by molar-refractivity contribution is 5.85. The van der Waals surface area contributed by atoms with Gasteiger partial charge in [-0.1, -0.05) is 5.16 Å². The SMILES string of the molecule is CC(C)Oc1ccc(-c2nc(-c3ccc4nc[nH]c4c3)no2)cc1C(F)(F)F.Cl. The third-order valence-corrected chi connectivity index (χ3v) is 4.00. The second kappa shape index (κ2) is 7.75. The number of benzene rings is 2.